The molecule has 0 bridgehead atoms. The van der Waals surface area contributed by atoms with Crippen molar-refractivity contribution < 1.29 is 17.9 Å². The molecule has 0 spiro atoms. The zero-order valence-corrected chi connectivity index (χ0v) is 18.5. The number of para-hydroxylation sites is 2. The van der Waals surface area contributed by atoms with E-state index in [1.165, 1.54) is 5.56 Å². The highest BCUT2D eigenvalue weighted by Gasteiger charge is 2.23. The topological polar surface area (TPSA) is 75.7 Å². The Balaban J connectivity index is 1.83. The maximum absolute atomic E-state index is 12.3. The van der Waals surface area contributed by atoms with Gasteiger partial charge in [-0.3, -0.25) is 9.10 Å². The summed E-state index contributed by atoms with van der Waals surface area (Å²) in [5.41, 5.74) is 1.64. The van der Waals surface area contributed by atoms with Gasteiger partial charge in [0.15, 0.2) is 0 Å². The number of nitrogens with zero attached hydrogens (tertiary/aromatic N) is 1. The number of benzene rings is 2. The summed E-state index contributed by atoms with van der Waals surface area (Å²) in [4.78, 5) is 12.3. The van der Waals surface area contributed by atoms with E-state index in [2.05, 4.69) is 17.4 Å². The molecule has 0 saturated carbocycles. The van der Waals surface area contributed by atoms with Crippen LogP contribution in [0.15, 0.2) is 54.6 Å². The van der Waals surface area contributed by atoms with Gasteiger partial charge in [-0.2, -0.15) is 11.8 Å². The molecule has 2 aromatic rings. The lowest BCUT2D eigenvalue weighted by molar-refractivity contribution is -0.119. The Morgan fingerprint density at radius 2 is 1.79 bits per heavy atom. The number of sulfonamides is 1. The molecule has 8 heteroatoms. The summed E-state index contributed by atoms with van der Waals surface area (Å²) in [6.07, 6.45) is 1.90. The highest BCUT2D eigenvalue weighted by atomic mass is 32.2. The molecule has 0 unspecified atom stereocenters. The Morgan fingerprint density at radius 3 is 2.48 bits per heavy atom. The average Bonchev–Trinajstić information content (AvgIpc) is 2.69. The minimum Gasteiger partial charge on any atom is -0.492 e. The quantitative estimate of drug-likeness (QED) is 0.517. The third-order valence-electron chi connectivity index (χ3n) is 4.02. The highest BCUT2D eigenvalue weighted by molar-refractivity contribution is 7.98. The van der Waals surface area contributed by atoms with Gasteiger partial charge < -0.3 is 10.1 Å². The van der Waals surface area contributed by atoms with Crippen molar-refractivity contribution in [2.45, 2.75) is 19.1 Å². The fourth-order valence-corrected chi connectivity index (χ4v) is 4.46. The lowest BCUT2D eigenvalue weighted by atomic mass is 10.2. The molecule has 0 atom stereocenters. The Bertz CT molecular complexity index is 873. The zero-order valence-electron chi connectivity index (χ0n) is 16.8. The van der Waals surface area contributed by atoms with E-state index in [1.807, 2.05) is 25.1 Å². The second-order valence-corrected chi connectivity index (χ2v) is 9.42. The molecule has 2 aromatic carbocycles. The van der Waals surface area contributed by atoms with E-state index in [4.69, 9.17) is 4.74 Å². The minimum absolute atomic E-state index is 0.278. The Kier molecular flexibility index (Phi) is 9.34. The molecule has 0 aliphatic carbocycles. The average molecular weight is 437 g/mol. The molecule has 0 aliphatic rings. The number of anilines is 1. The Morgan fingerprint density at radius 1 is 1.10 bits per heavy atom. The number of rotatable bonds is 12. The molecule has 29 heavy (non-hydrogen) atoms. The molecule has 158 valence electrons. The van der Waals surface area contributed by atoms with Crippen LogP contribution in [0.4, 0.5) is 5.69 Å². The number of carbonyl (C=O) groups excluding carboxylic acids is 1. The van der Waals surface area contributed by atoms with Gasteiger partial charge in [0.2, 0.25) is 15.9 Å². The summed E-state index contributed by atoms with van der Waals surface area (Å²) < 4.78 is 31.1. The van der Waals surface area contributed by atoms with Gasteiger partial charge in [0.25, 0.3) is 0 Å². The van der Waals surface area contributed by atoms with E-state index >= 15 is 0 Å². The Labute approximate surface area is 177 Å². The van der Waals surface area contributed by atoms with Crippen LogP contribution in [0.5, 0.6) is 5.75 Å². The van der Waals surface area contributed by atoms with Crippen LogP contribution in [0.3, 0.4) is 0 Å². The van der Waals surface area contributed by atoms with Crippen molar-refractivity contribution in [2.24, 2.45) is 0 Å². The number of hydrogen-bond acceptors (Lipinski definition) is 5. The summed E-state index contributed by atoms with van der Waals surface area (Å²) in [6, 6.07) is 17.0. The molecule has 1 amide bonds. The van der Waals surface area contributed by atoms with Crippen molar-refractivity contribution in [1.82, 2.24) is 5.32 Å². The van der Waals surface area contributed by atoms with Crippen LogP contribution in [0.1, 0.15) is 18.9 Å². The first-order chi connectivity index (χ1) is 13.9. The summed E-state index contributed by atoms with van der Waals surface area (Å²) in [7, 11) is -3.64. The van der Waals surface area contributed by atoms with Gasteiger partial charge in [-0.15, -0.1) is 0 Å². The van der Waals surface area contributed by atoms with Crippen LogP contribution < -0.4 is 14.4 Å². The molecule has 1 N–H and O–H groups in total. The van der Waals surface area contributed by atoms with Crippen LogP contribution >= 0.6 is 11.8 Å². The summed E-state index contributed by atoms with van der Waals surface area (Å²) in [6.45, 7) is 2.46. The smallest absolute Gasteiger partial charge is 0.240 e. The zero-order chi connectivity index (χ0) is 21.1. The fourth-order valence-electron chi connectivity index (χ4n) is 2.67. The van der Waals surface area contributed by atoms with Crippen LogP contribution in [0.25, 0.3) is 0 Å². The van der Waals surface area contributed by atoms with Crippen LogP contribution in [-0.4, -0.2) is 46.0 Å². The molecular weight excluding hydrogens is 408 g/mol. The van der Waals surface area contributed by atoms with Crippen molar-refractivity contribution >= 4 is 33.4 Å². The van der Waals surface area contributed by atoms with Gasteiger partial charge in [-0.05, 0) is 36.8 Å². The highest BCUT2D eigenvalue weighted by Crippen LogP contribution is 2.29. The van der Waals surface area contributed by atoms with Crippen molar-refractivity contribution in [3.05, 3.63) is 60.2 Å². The van der Waals surface area contributed by atoms with Gasteiger partial charge in [-0.1, -0.05) is 42.5 Å². The van der Waals surface area contributed by atoms with E-state index < -0.39 is 10.0 Å². The molecule has 0 aliphatic heterocycles. The van der Waals surface area contributed by atoms with Gasteiger partial charge in [-0.25, -0.2) is 8.42 Å². The SMILES string of the molecule is CCOc1ccccc1N(CC(=O)NCCCSCc1ccccc1)S(C)(=O)=O. The predicted molar refractivity (Wildman–Crippen MR) is 120 cm³/mol. The summed E-state index contributed by atoms with van der Waals surface area (Å²) in [5, 5.41) is 2.81. The lowest BCUT2D eigenvalue weighted by Gasteiger charge is -2.24. The number of amides is 1. The monoisotopic (exact) mass is 436 g/mol. The van der Waals surface area contributed by atoms with Crippen LogP contribution in [-0.2, 0) is 20.6 Å². The van der Waals surface area contributed by atoms with Crippen LogP contribution in [0, 0.1) is 0 Å². The van der Waals surface area contributed by atoms with E-state index in [0.717, 1.165) is 28.5 Å². The van der Waals surface area contributed by atoms with Gasteiger partial charge >= 0.3 is 0 Å². The van der Waals surface area contributed by atoms with Crippen LogP contribution in [0.2, 0.25) is 0 Å². The first-order valence-corrected chi connectivity index (χ1v) is 12.5. The number of nitrogens with one attached hydrogen (secondary N) is 1. The van der Waals surface area contributed by atoms with Crippen molar-refractivity contribution in [3.63, 3.8) is 0 Å². The fraction of sp³-hybridized carbons (Fsp3) is 0.381. The van der Waals surface area contributed by atoms with Gasteiger partial charge in [0.1, 0.15) is 12.3 Å². The number of thioether (sulfide) groups is 1. The van der Waals surface area contributed by atoms with Gasteiger partial charge in [0.05, 0.1) is 18.6 Å². The predicted octanol–water partition coefficient (Wildman–Crippen LogP) is 3.29. The largest absolute Gasteiger partial charge is 0.492 e. The van der Waals surface area contributed by atoms with Crippen molar-refractivity contribution in [2.75, 3.05) is 36.0 Å². The molecule has 0 heterocycles. The summed E-state index contributed by atoms with van der Waals surface area (Å²) >= 11 is 1.81. The maximum Gasteiger partial charge on any atom is 0.240 e. The van der Waals surface area contributed by atoms with Crippen molar-refractivity contribution in [3.8, 4) is 5.75 Å². The first kappa shape index (κ1) is 23.1. The van der Waals surface area contributed by atoms with E-state index in [0.29, 0.717) is 24.6 Å². The molecule has 2 rings (SSSR count). The molecule has 0 radical (unpaired) electrons. The normalized spacial score (nSPS) is 11.1. The van der Waals surface area contributed by atoms with Gasteiger partial charge in [0, 0.05) is 12.3 Å². The lowest BCUT2D eigenvalue weighted by Crippen LogP contribution is -2.40. The first-order valence-electron chi connectivity index (χ1n) is 9.49. The molecule has 0 fully saturated rings. The maximum atomic E-state index is 12.3. The number of hydrogen-bond donors (Lipinski definition) is 1. The second kappa shape index (κ2) is 11.7. The van der Waals surface area contributed by atoms with E-state index in [9.17, 15) is 13.2 Å². The molecule has 0 saturated heterocycles. The molecule has 6 nitrogen and oxygen atoms in total. The molecular formula is C21H28N2O4S2. The second-order valence-electron chi connectivity index (χ2n) is 6.41. The molecule has 0 aromatic heterocycles. The minimum atomic E-state index is -3.64. The third-order valence-corrected chi connectivity index (χ3v) is 6.26. The van der Waals surface area contributed by atoms with E-state index in [1.54, 1.807) is 36.0 Å². The number of ether oxygens (including phenoxy) is 1. The third kappa shape index (κ3) is 7.98. The summed E-state index contributed by atoms with van der Waals surface area (Å²) in [5.74, 6) is 1.95. The van der Waals surface area contributed by atoms with E-state index in [-0.39, 0.29) is 12.5 Å². The standard InChI is InChI=1S/C21H28N2O4S2/c1-3-27-20-13-8-7-12-19(20)23(29(2,25)26)16-21(24)22-14-9-15-28-17-18-10-5-4-6-11-18/h4-8,10-13H,3,9,14-17H2,1-2H3,(H,22,24). The number of carbonyl (C=O) groups is 1. The Hall–Kier alpha value is -2.19. The van der Waals surface area contributed by atoms with Crippen molar-refractivity contribution in [1.29, 1.82) is 0 Å².